The Balaban J connectivity index is 1.53. The number of aryl methyl sites for hydroxylation is 2. The Kier molecular flexibility index (Phi) is 6.71. The Morgan fingerprint density at radius 3 is 2.16 bits per heavy atom. The van der Waals surface area contributed by atoms with Gasteiger partial charge in [-0.1, -0.05) is 67.9 Å². The van der Waals surface area contributed by atoms with Crippen LogP contribution >= 0.6 is 0 Å². The zero-order valence-corrected chi connectivity index (χ0v) is 18.5. The first-order valence-electron chi connectivity index (χ1n) is 11.3. The highest BCUT2D eigenvalue weighted by molar-refractivity contribution is 6.03. The minimum absolute atomic E-state index is 0.0304. The fourth-order valence-corrected chi connectivity index (χ4v) is 4.58. The van der Waals surface area contributed by atoms with Crippen LogP contribution in [0.5, 0.6) is 5.75 Å². The largest absolute Gasteiger partial charge is 0.497 e. The van der Waals surface area contributed by atoms with Crippen LogP contribution in [0.4, 0.5) is 5.69 Å². The van der Waals surface area contributed by atoms with Gasteiger partial charge in [0.15, 0.2) is 0 Å². The number of carbonyl (C=O) groups is 1. The average Bonchev–Trinajstić information content (AvgIpc) is 2.82. The molecule has 0 aromatic heterocycles. The molecular weight excluding hydrogens is 382 g/mol. The normalized spacial score (nSPS) is 18.0. The number of β-lactam (4-membered cyclic amide) rings is 1. The second kappa shape index (κ2) is 9.82. The van der Waals surface area contributed by atoms with Gasteiger partial charge in [0.1, 0.15) is 5.75 Å². The summed E-state index contributed by atoms with van der Waals surface area (Å²) in [5.41, 5.74) is 4.85. The van der Waals surface area contributed by atoms with E-state index >= 15 is 0 Å². The first kappa shape index (κ1) is 21.2. The number of methoxy groups -OCH3 is 1. The summed E-state index contributed by atoms with van der Waals surface area (Å²) >= 11 is 0. The zero-order chi connectivity index (χ0) is 21.6. The Labute approximate surface area is 185 Å². The topological polar surface area (TPSA) is 29.5 Å². The van der Waals surface area contributed by atoms with Gasteiger partial charge in [0.2, 0.25) is 5.91 Å². The van der Waals surface area contributed by atoms with E-state index in [-0.39, 0.29) is 17.9 Å². The SMILES string of the molecule is CCCc1ccc([C@@H]2[C@H](CCCc3ccccc3)C(=O)N2c2ccc(OC)cc2)cc1. The van der Waals surface area contributed by atoms with E-state index in [1.807, 2.05) is 35.2 Å². The van der Waals surface area contributed by atoms with Crippen LogP contribution in [-0.2, 0) is 17.6 Å². The molecule has 2 atom stereocenters. The van der Waals surface area contributed by atoms with Crippen LogP contribution in [0.2, 0.25) is 0 Å². The highest BCUT2D eigenvalue weighted by Gasteiger charge is 2.48. The van der Waals surface area contributed by atoms with Crippen LogP contribution in [-0.4, -0.2) is 13.0 Å². The van der Waals surface area contributed by atoms with Crippen LogP contribution in [0.1, 0.15) is 48.9 Å². The molecule has 1 fully saturated rings. The molecule has 3 nitrogen and oxygen atoms in total. The molecule has 160 valence electrons. The summed E-state index contributed by atoms with van der Waals surface area (Å²) < 4.78 is 5.29. The maximum atomic E-state index is 13.2. The molecule has 3 aromatic rings. The summed E-state index contributed by atoms with van der Waals surface area (Å²) in [6.45, 7) is 2.20. The van der Waals surface area contributed by atoms with E-state index in [1.165, 1.54) is 16.7 Å². The first-order chi connectivity index (χ1) is 15.2. The van der Waals surface area contributed by atoms with Gasteiger partial charge in [-0.2, -0.15) is 0 Å². The standard InChI is InChI=1S/C28H31NO2/c1-3-8-21-13-15-23(16-14-21)27-26(12-7-11-22-9-5-4-6-10-22)28(30)29(27)24-17-19-25(31-2)20-18-24/h4-6,9-10,13-20,26-27H,3,7-8,11-12H2,1-2H3/t26-,27+/m0/s1. The molecule has 1 aliphatic heterocycles. The Morgan fingerprint density at radius 2 is 1.52 bits per heavy atom. The molecule has 1 amide bonds. The molecule has 3 heteroatoms. The molecule has 31 heavy (non-hydrogen) atoms. The van der Waals surface area contributed by atoms with E-state index in [9.17, 15) is 4.79 Å². The summed E-state index contributed by atoms with van der Waals surface area (Å²) in [7, 11) is 1.66. The molecule has 0 bridgehead atoms. The number of anilines is 1. The molecule has 3 aromatic carbocycles. The van der Waals surface area contributed by atoms with E-state index in [4.69, 9.17) is 4.74 Å². The number of amides is 1. The van der Waals surface area contributed by atoms with Gasteiger partial charge in [0.25, 0.3) is 0 Å². The average molecular weight is 414 g/mol. The van der Waals surface area contributed by atoms with Gasteiger partial charge in [0, 0.05) is 5.69 Å². The van der Waals surface area contributed by atoms with Gasteiger partial charge in [-0.3, -0.25) is 4.79 Å². The molecule has 0 radical (unpaired) electrons. The van der Waals surface area contributed by atoms with Crippen molar-refractivity contribution in [2.24, 2.45) is 5.92 Å². The molecule has 4 rings (SSSR count). The zero-order valence-electron chi connectivity index (χ0n) is 18.5. The van der Waals surface area contributed by atoms with Crippen LogP contribution in [0.3, 0.4) is 0 Å². The Hall–Kier alpha value is -3.07. The fraction of sp³-hybridized carbons (Fsp3) is 0.321. The van der Waals surface area contributed by atoms with Crippen molar-refractivity contribution in [3.8, 4) is 5.75 Å². The molecule has 0 spiro atoms. The smallest absolute Gasteiger partial charge is 0.233 e. The number of carbonyl (C=O) groups excluding carboxylic acids is 1. The maximum Gasteiger partial charge on any atom is 0.233 e. The number of hydrogen-bond donors (Lipinski definition) is 0. The fourth-order valence-electron chi connectivity index (χ4n) is 4.58. The van der Waals surface area contributed by atoms with Crippen molar-refractivity contribution in [2.45, 2.75) is 45.1 Å². The van der Waals surface area contributed by atoms with Crippen molar-refractivity contribution < 1.29 is 9.53 Å². The summed E-state index contributed by atoms with van der Waals surface area (Å²) in [5, 5.41) is 0. The van der Waals surface area contributed by atoms with Crippen molar-refractivity contribution in [3.05, 3.63) is 95.6 Å². The lowest BCUT2D eigenvalue weighted by molar-refractivity contribution is -0.130. The quantitative estimate of drug-likeness (QED) is 0.381. The van der Waals surface area contributed by atoms with Crippen molar-refractivity contribution in [1.29, 1.82) is 0 Å². The van der Waals surface area contributed by atoms with Gasteiger partial charge >= 0.3 is 0 Å². The van der Waals surface area contributed by atoms with Crippen LogP contribution in [0, 0.1) is 5.92 Å². The minimum atomic E-state index is 0.0304. The highest BCUT2D eigenvalue weighted by Crippen LogP contribution is 2.46. The van der Waals surface area contributed by atoms with E-state index in [0.29, 0.717) is 0 Å². The monoisotopic (exact) mass is 413 g/mol. The second-order valence-electron chi connectivity index (χ2n) is 8.33. The molecule has 0 unspecified atom stereocenters. The predicted octanol–water partition coefficient (Wildman–Crippen LogP) is 6.37. The van der Waals surface area contributed by atoms with Crippen LogP contribution in [0.15, 0.2) is 78.9 Å². The lowest BCUT2D eigenvalue weighted by Crippen LogP contribution is -2.55. The first-order valence-corrected chi connectivity index (χ1v) is 11.3. The summed E-state index contributed by atoms with van der Waals surface area (Å²) in [6, 6.07) is 27.3. The maximum absolute atomic E-state index is 13.2. The van der Waals surface area contributed by atoms with Crippen LogP contribution < -0.4 is 9.64 Å². The molecule has 0 saturated carbocycles. The number of benzene rings is 3. The van der Waals surface area contributed by atoms with E-state index in [2.05, 4.69) is 55.5 Å². The lowest BCUT2D eigenvalue weighted by Gasteiger charge is -2.48. The van der Waals surface area contributed by atoms with E-state index in [0.717, 1.165) is 43.5 Å². The third-order valence-electron chi connectivity index (χ3n) is 6.25. The molecule has 1 heterocycles. The summed E-state index contributed by atoms with van der Waals surface area (Å²) in [4.78, 5) is 15.2. The number of ether oxygens (including phenoxy) is 1. The second-order valence-corrected chi connectivity index (χ2v) is 8.33. The van der Waals surface area contributed by atoms with Gasteiger partial charge in [-0.05, 0) is 66.6 Å². The number of rotatable bonds is 9. The van der Waals surface area contributed by atoms with Crippen LogP contribution in [0.25, 0.3) is 0 Å². The minimum Gasteiger partial charge on any atom is -0.497 e. The molecule has 1 aliphatic rings. The highest BCUT2D eigenvalue weighted by atomic mass is 16.5. The third-order valence-corrected chi connectivity index (χ3v) is 6.25. The van der Waals surface area contributed by atoms with E-state index in [1.54, 1.807) is 7.11 Å². The van der Waals surface area contributed by atoms with Crippen molar-refractivity contribution in [3.63, 3.8) is 0 Å². The van der Waals surface area contributed by atoms with Crippen molar-refractivity contribution in [2.75, 3.05) is 12.0 Å². The van der Waals surface area contributed by atoms with Gasteiger partial charge < -0.3 is 9.64 Å². The third kappa shape index (κ3) is 4.66. The molecular formula is C28H31NO2. The van der Waals surface area contributed by atoms with Gasteiger partial charge in [0.05, 0.1) is 19.1 Å². The Morgan fingerprint density at radius 1 is 0.839 bits per heavy atom. The predicted molar refractivity (Wildman–Crippen MR) is 127 cm³/mol. The summed E-state index contributed by atoms with van der Waals surface area (Å²) in [6.07, 6.45) is 5.16. The Bertz CT molecular complexity index is 980. The van der Waals surface area contributed by atoms with E-state index < -0.39 is 0 Å². The molecule has 1 saturated heterocycles. The van der Waals surface area contributed by atoms with Crippen molar-refractivity contribution in [1.82, 2.24) is 0 Å². The molecule has 0 aliphatic carbocycles. The molecule has 0 N–H and O–H groups in total. The number of hydrogen-bond acceptors (Lipinski definition) is 2. The lowest BCUT2D eigenvalue weighted by atomic mass is 9.78. The van der Waals surface area contributed by atoms with Crippen molar-refractivity contribution >= 4 is 11.6 Å². The summed E-state index contributed by atoms with van der Waals surface area (Å²) in [5.74, 6) is 1.06. The van der Waals surface area contributed by atoms with Gasteiger partial charge in [-0.15, -0.1) is 0 Å². The van der Waals surface area contributed by atoms with Gasteiger partial charge in [-0.25, -0.2) is 0 Å². The number of nitrogens with zero attached hydrogens (tertiary/aromatic N) is 1.